The van der Waals surface area contributed by atoms with E-state index in [0.29, 0.717) is 24.5 Å². The number of nitro groups is 1. The van der Waals surface area contributed by atoms with Crippen LogP contribution in [0.15, 0.2) is 12.4 Å². The minimum Gasteiger partial charge on any atom is -0.350 e. The minimum absolute atomic E-state index is 0.189. The van der Waals surface area contributed by atoms with E-state index in [2.05, 4.69) is 15.5 Å². The Morgan fingerprint density at radius 1 is 1.45 bits per heavy atom. The second-order valence-electron chi connectivity index (χ2n) is 4.73. The van der Waals surface area contributed by atoms with Gasteiger partial charge in [-0.25, -0.2) is 0 Å². The van der Waals surface area contributed by atoms with Crippen molar-refractivity contribution in [2.24, 2.45) is 7.05 Å². The number of halogens is 1. The van der Waals surface area contributed by atoms with Crippen molar-refractivity contribution >= 4 is 23.2 Å². The van der Waals surface area contributed by atoms with Crippen molar-refractivity contribution in [2.75, 3.05) is 6.54 Å². The van der Waals surface area contributed by atoms with Crippen LogP contribution in [0.25, 0.3) is 0 Å². The predicted octanol–water partition coefficient (Wildman–Crippen LogP) is 1.31. The van der Waals surface area contributed by atoms with Gasteiger partial charge in [0.05, 0.1) is 15.6 Å². The third-order valence-electron chi connectivity index (χ3n) is 2.96. The molecule has 0 saturated heterocycles. The molecule has 0 fully saturated rings. The highest BCUT2D eigenvalue weighted by Crippen LogP contribution is 2.15. The van der Waals surface area contributed by atoms with Crippen LogP contribution in [0.3, 0.4) is 0 Å². The first-order valence-electron chi connectivity index (χ1n) is 6.54. The van der Waals surface area contributed by atoms with E-state index < -0.39 is 10.8 Å². The fourth-order valence-electron chi connectivity index (χ4n) is 1.91. The summed E-state index contributed by atoms with van der Waals surface area (Å²) in [5, 5.41) is 22.0. The Morgan fingerprint density at radius 2 is 2.18 bits per heavy atom. The van der Waals surface area contributed by atoms with Crippen molar-refractivity contribution in [3.63, 3.8) is 0 Å². The fraction of sp³-hybridized carbons (Fsp3) is 0.417. The predicted molar refractivity (Wildman–Crippen MR) is 78.8 cm³/mol. The van der Waals surface area contributed by atoms with Gasteiger partial charge in [0, 0.05) is 26.3 Å². The minimum atomic E-state index is -0.629. The summed E-state index contributed by atoms with van der Waals surface area (Å²) in [5.74, 6) is -0.568. The smallest absolute Gasteiger partial charge is 0.320 e. The molecule has 0 aliphatic heterocycles. The first kappa shape index (κ1) is 16.0. The van der Waals surface area contributed by atoms with Crippen LogP contribution >= 0.6 is 11.6 Å². The van der Waals surface area contributed by atoms with Gasteiger partial charge in [0.25, 0.3) is 5.91 Å². The first-order valence-corrected chi connectivity index (χ1v) is 6.92. The van der Waals surface area contributed by atoms with E-state index in [4.69, 9.17) is 11.6 Å². The first-order chi connectivity index (χ1) is 10.4. The summed E-state index contributed by atoms with van der Waals surface area (Å²) in [7, 11) is 1.52. The van der Waals surface area contributed by atoms with Crippen LogP contribution in [0.5, 0.6) is 0 Å². The molecule has 2 heterocycles. The molecule has 2 aromatic rings. The Kier molecular flexibility index (Phi) is 4.76. The van der Waals surface area contributed by atoms with Gasteiger partial charge in [0.2, 0.25) is 5.69 Å². The van der Waals surface area contributed by atoms with Gasteiger partial charge in [-0.1, -0.05) is 11.6 Å². The molecule has 0 radical (unpaired) electrons. The summed E-state index contributed by atoms with van der Waals surface area (Å²) in [6.07, 6.45) is 3.52. The molecule has 0 bridgehead atoms. The summed E-state index contributed by atoms with van der Waals surface area (Å²) >= 11 is 5.89. The number of nitrogens with one attached hydrogen (secondary N) is 1. The molecule has 1 N–H and O–H groups in total. The zero-order valence-corrected chi connectivity index (χ0v) is 12.9. The highest BCUT2D eigenvalue weighted by Gasteiger charge is 2.24. The summed E-state index contributed by atoms with van der Waals surface area (Å²) in [6.45, 7) is 2.74. The van der Waals surface area contributed by atoms with Crippen molar-refractivity contribution in [3.8, 4) is 0 Å². The standard InChI is InChI=1S/C12H15ClN6O3/c1-8-9(13)6-18(15-8)5-3-4-14-12(20)11-10(19(21)22)7-17(2)16-11/h6-7H,3-5H2,1-2H3,(H,14,20). The van der Waals surface area contributed by atoms with Gasteiger partial charge in [-0.2, -0.15) is 10.2 Å². The molecule has 2 rings (SSSR count). The van der Waals surface area contributed by atoms with Gasteiger partial charge < -0.3 is 5.32 Å². The molecule has 118 valence electrons. The van der Waals surface area contributed by atoms with E-state index in [1.807, 2.05) is 0 Å². The third kappa shape index (κ3) is 3.61. The molecule has 0 unspecified atom stereocenters. The molecule has 10 heteroatoms. The molecule has 0 spiro atoms. The lowest BCUT2D eigenvalue weighted by atomic mass is 10.3. The second kappa shape index (κ2) is 6.56. The molecular formula is C12H15ClN6O3. The third-order valence-corrected chi connectivity index (χ3v) is 3.33. The second-order valence-corrected chi connectivity index (χ2v) is 5.14. The SMILES string of the molecule is Cc1nn(CCCNC(=O)c2nn(C)cc2[N+](=O)[O-])cc1Cl. The maximum atomic E-state index is 11.9. The lowest BCUT2D eigenvalue weighted by Gasteiger charge is -2.03. The van der Waals surface area contributed by atoms with Gasteiger partial charge in [0.15, 0.2) is 0 Å². The molecule has 0 saturated carbocycles. The molecule has 9 nitrogen and oxygen atoms in total. The molecule has 0 aliphatic rings. The molecule has 0 aromatic carbocycles. The van der Waals surface area contributed by atoms with Crippen molar-refractivity contribution in [3.05, 3.63) is 38.9 Å². The Hall–Kier alpha value is -2.42. The van der Waals surface area contributed by atoms with Crippen LogP contribution in [0.4, 0.5) is 5.69 Å². The van der Waals surface area contributed by atoms with Crippen LogP contribution in [-0.4, -0.2) is 36.9 Å². The average molecular weight is 327 g/mol. The largest absolute Gasteiger partial charge is 0.350 e. The van der Waals surface area contributed by atoms with Gasteiger partial charge in [-0.15, -0.1) is 0 Å². The monoisotopic (exact) mass is 326 g/mol. The molecule has 1 amide bonds. The molecule has 2 aromatic heterocycles. The highest BCUT2D eigenvalue weighted by atomic mass is 35.5. The fourth-order valence-corrected chi connectivity index (χ4v) is 2.06. The van der Waals surface area contributed by atoms with Gasteiger partial charge >= 0.3 is 5.69 Å². The highest BCUT2D eigenvalue weighted by molar-refractivity contribution is 6.31. The lowest BCUT2D eigenvalue weighted by molar-refractivity contribution is -0.385. The Morgan fingerprint density at radius 3 is 2.77 bits per heavy atom. The van der Waals surface area contributed by atoms with Crippen LogP contribution in [-0.2, 0) is 13.6 Å². The number of amides is 1. The van der Waals surface area contributed by atoms with E-state index in [1.165, 1.54) is 17.9 Å². The van der Waals surface area contributed by atoms with Crippen molar-refractivity contribution in [1.82, 2.24) is 24.9 Å². The topological polar surface area (TPSA) is 108 Å². The average Bonchev–Trinajstić information content (AvgIpc) is 2.98. The van der Waals surface area contributed by atoms with Crippen molar-refractivity contribution < 1.29 is 9.72 Å². The number of hydrogen-bond acceptors (Lipinski definition) is 5. The quantitative estimate of drug-likeness (QED) is 0.489. The maximum Gasteiger partial charge on any atom is 0.320 e. The Labute approximate surface area is 131 Å². The Balaban J connectivity index is 1.87. The number of nitrogens with zero attached hydrogens (tertiary/aromatic N) is 5. The van der Waals surface area contributed by atoms with E-state index in [0.717, 1.165) is 5.69 Å². The molecule has 22 heavy (non-hydrogen) atoms. The number of hydrogen-bond donors (Lipinski definition) is 1. The van der Waals surface area contributed by atoms with Crippen molar-refractivity contribution in [2.45, 2.75) is 19.9 Å². The van der Waals surface area contributed by atoms with Crippen molar-refractivity contribution in [1.29, 1.82) is 0 Å². The van der Waals surface area contributed by atoms with Gasteiger partial charge in [0.1, 0.15) is 6.20 Å². The van der Waals surface area contributed by atoms with Crippen LogP contribution in [0, 0.1) is 17.0 Å². The number of rotatable bonds is 6. The summed E-state index contributed by atoms with van der Waals surface area (Å²) in [6, 6.07) is 0. The van der Waals surface area contributed by atoms with Gasteiger partial charge in [-0.3, -0.25) is 24.3 Å². The number of aryl methyl sites for hydroxylation is 3. The maximum absolute atomic E-state index is 11.9. The normalized spacial score (nSPS) is 10.7. The van der Waals surface area contributed by atoms with Crippen LogP contribution < -0.4 is 5.32 Å². The number of aromatic nitrogens is 4. The van der Waals surface area contributed by atoms with E-state index in [1.54, 1.807) is 17.8 Å². The zero-order valence-electron chi connectivity index (χ0n) is 12.1. The number of carbonyl (C=O) groups excluding carboxylic acids is 1. The molecular weight excluding hydrogens is 312 g/mol. The molecule has 0 aliphatic carbocycles. The van der Waals surface area contributed by atoms with Crippen LogP contribution in [0.2, 0.25) is 5.02 Å². The summed E-state index contributed by atoms with van der Waals surface area (Å²) < 4.78 is 2.93. The van der Waals surface area contributed by atoms with E-state index in [-0.39, 0.29) is 11.4 Å². The van der Waals surface area contributed by atoms with Gasteiger partial charge in [-0.05, 0) is 13.3 Å². The van der Waals surface area contributed by atoms with Crippen LogP contribution in [0.1, 0.15) is 22.6 Å². The zero-order chi connectivity index (χ0) is 16.3. The number of carbonyl (C=O) groups is 1. The summed E-state index contributed by atoms with van der Waals surface area (Å²) in [4.78, 5) is 22.1. The van der Waals surface area contributed by atoms with E-state index >= 15 is 0 Å². The summed E-state index contributed by atoms with van der Waals surface area (Å²) in [5.41, 5.74) is 0.245. The Bertz CT molecular complexity index is 688. The molecule has 0 atom stereocenters. The van der Waals surface area contributed by atoms with E-state index in [9.17, 15) is 14.9 Å². The lowest BCUT2D eigenvalue weighted by Crippen LogP contribution is -2.26.